The van der Waals surface area contributed by atoms with Gasteiger partial charge in [0.15, 0.2) is 0 Å². The monoisotopic (exact) mass is 286 g/mol. The van der Waals surface area contributed by atoms with Crippen molar-refractivity contribution in [1.82, 2.24) is 9.97 Å². The molecule has 5 heteroatoms. The Hall–Kier alpha value is -2.17. The average molecular weight is 286 g/mol. The number of nitrogens with zero attached hydrogens (tertiary/aromatic N) is 4. The summed E-state index contributed by atoms with van der Waals surface area (Å²) >= 11 is 0. The van der Waals surface area contributed by atoms with Crippen molar-refractivity contribution >= 4 is 11.5 Å². The summed E-state index contributed by atoms with van der Waals surface area (Å²) in [5.74, 6) is 0.795. The van der Waals surface area contributed by atoms with E-state index in [1.165, 1.54) is 11.6 Å². The van der Waals surface area contributed by atoms with Gasteiger partial charge in [0.2, 0.25) is 0 Å². The minimum atomic E-state index is -0.192. The van der Waals surface area contributed by atoms with Crippen LogP contribution in [0.1, 0.15) is 11.3 Å². The number of rotatable bonds is 2. The normalized spacial score (nSPS) is 14.5. The van der Waals surface area contributed by atoms with Crippen LogP contribution in [0.2, 0.25) is 0 Å². The molecule has 21 heavy (non-hydrogen) atoms. The van der Waals surface area contributed by atoms with Crippen molar-refractivity contribution in [2.45, 2.75) is 12.8 Å². The Morgan fingerprint density at radius 3 is 2.71 bits per heavy atom. The standard InChI is InChI=1S/C16H19FN4/c1-20(2)16-14-6-8-21(9-7-15(14)18-11-19-16)13-5-3-4-12(17)10-13/h3-5,10-11H,6-9H2,1-2H3. The van der Waals surface area contributed by atoms with Crippen molar-refractivity contribution in [3.63, 3.8) is 0 Å². The smallest absolute Gasteiger partial charge is 0.134 e. The summed E-state index contributed by atoms with van der Waals surface area (Å²) in [7, 11) is 4.00. The Morgan fingerprint density at radius 1 is 1.14 bits per heavy atom. The van der Waals surface area contributed by atoms with Gasteiger partial charge in [0.1, 0.15) is 18.0 Å². The first kappa shape index (κ1) is 13.8. The third-order valence-electron chi connectivity index (χ3n) is 3.86. The van der Waals surface area contributed by atoms with Crippen molar-refractivity contribution in [1.29, 1.82) is 0 Å². The van der Waals surface area contributed by atoms with Gasteiger partial charge in [0, 0.05) is 44.9 Å². The quantitative estimate of drug-likeness (QED) is 0.848. The summed E-state index contributed by atoms with van der Waals surface area (Å²) in [6.07, 6.45) is 3.36. The van der Waals surface area contributed by atoms with E-state index in [1.54, 1.807) is 18.5 Å². The largest absolute Gasteiger partial charge is 0.371 e. The maximum Gasteiger partial charge on any atom is 0.134 e. The second-order valence-electron chi connectivity index (χ2n) is 5.48. The van der Waals surface area contributed by atoms with Gasteiger partial charge in [-0.1, -0.05) is 6.07 Å². The zero-order valence-electron chi connectivity index (χ0n) is 12.4. The molecule has 0 aliphatic carbocycles. The fourth-order valence-electron chi connectivity index (χ4n) is 2.83. The minimum Gasteiger partial charge on any atom is -0.371 e. The summed E-state index contributed by atoms with van der Waals surface area (Å²) in [6.45, 7) is 1.70. The van der Waals surface area contributed by atoms with E-state index in [9.17, 15) is 4.39 Å². The first-order valence-electron chi connectivity index (χ1n) is 7.16. The van der Waals surface area contributed by atoms with Crippen LogP contribution in [0.3, 0.4) is 0 Å². The molecule has 0 fully saturated rings. The number of aromatic nitrogens is 2. The summed E-state index contributed by atoms with van der Waals surface area (Å²) in [4.78, 5) is 13.0. The lowest BCUT2D eigenvalue weighted by molar-refractivity contribution is 0.626. The first-order chi connectivity index (χ1) is 10.1. The van der Waals surface area contributed by atoms with Gasteiger partial charge in [-0.05, 0) is 24.6 Å². The number of hydrogen-bond donors (Lipinski definition) is 0. The molecule has 3 rings (SSSR count). The number of fused-ring (bicyclic) bond motifs is 1. The molecule has 0 atom stereocenters. The lowest BCUT2D eigenvalue weighted by Crippen LogP contribution is -2.26. The van der Waals surface area contributed by atoms with E-state index in [2.05, 4.69) is 14.9 Å². The van der Waals surface area contributed by atoms with Crippen molar-refractivity contribution < 1.29 is 4.39 Å². The Balaban J connectivity index is 1.87. The van der Waals surface area contributed by atoms with Crippen LogP contribution >= 0.6 is 0 Å². The van der Waals surface area contributed by atoms with Gasteiger partial charge in [-0.2, -0.15) is 0 Å². The van der Waals surface area contributed by atoms with Crippen LogP contribution in [0.15, 0.2) is 30.6 Å². The van der Waals surface area contributed by atoms with Crippen molar-refractivity contribution in [3.8, 4) is 0 Å². The Labute approximate surface area is 124 Å². The zero-order chi connectivity index (χ0) is 14.8. The molecule has 1 aromatic carbocycles. The predicted molar refractivity (Wildman–Crippen MR) is 82.4 cm³/mol. The van der Waals surface area contributed by atoms with E-state index in [0.717, 1.165) is 43.1 Å². The van der Waals surface area contributed by atoms with Crippen LogP contribution in [0.5, 0.6) is 0 Å². The fourth-order valence-corrected chi connectivity index (χ4v) is 2.83. The summed E-state index contributed by atoms with van der Waals surface area (Å²) < 4.78 is 13.4. The highest BCUT2D eigenvalue weighted by Gasteiger charge is 2.19. The molecule has 1 aliphatic heterocycles. The van der Waals surface area contributed by atoms with E-state index in [1.807, 2.05) is 25.1 Å². The summed E-state index contributed by atoms with van der Waals surface area (Å²) in [5, 5.41) is 0. The zero-order valence-corrected chi connectivity index (χ0v) is 12.4. The number of anilines is 2. The van der Waals surface area contributed by atoms with Gasteiger partial charge in [-0.25, -0.2) is 14.4 Å². The Kier molecular flexibility index (Phi) is 3.73. The summed E-state index contributed by atoms with van der Waals surface area (Å²) in [5.41, 5.74) is 3.25. The van der Waals surface area contributed by atoms with E-state index in [-0.39, 0.29) is 5.82 Å². The molecule has 1 aromatic heterocycles. The lowest BCUT2D eigenvalue weighted by Gasteiger charge is -2.22. The molecule has 2 heterocycles. The summed E-state index contributed by atoms with van der Waals surface area (Å²) in [6, 6.07) is 6.78. The Morgan fingerprint density at radius 2 is 1.95 bits per heavy atom. The van der Waals surface area contributed by atoms with Crippen LogP contribution in [-0.2, 0) is 12.8 Å². The molecule has 0 unspecified atom stereocenters. The van der Waals surface area contributed by atoms with Crippen LogP contribution in [0, 0.1) is 5.82 Å². The highest BCUT2D eigenvalue weighted by molar-refractivity contribution is 5.52. The van der Waals surface area contributed by atoms with Crippen LogP contribution < -0.4 is 9.80 Å². The maximum absolute atomic E-state index is 13.4. The van der Waals surface area contributed by atoms with E-state index >= 15 is 0 Å². The fraction of sp³-hybridized carbons (Fsp3) is 0.375. The maximum atomic E-state index is 13.4. The Bertz CT molecular complexity index is 642. The molecule has 0 amide bonds. The van der Waals surface area contributed by atoms with Crippen LogP contribution in [0.4, 0.5) is 15.9 Å². The molecular weight excluding hydrogens is 267 g/mol. The molecule has 110 valence electrons. The SMILES string of the molecule is CN(C)c1ncnc2c1CCN(c1cccc(F)c1)CC2. The molecule has 0 saturated carbocycles. The molecule has 1 aliphatic rings. The van der Waals surface area contributed by atoms with E-state index in [4.69, 9.17) is 0 Å². The average Bonchev–Trinajstić information content (AvgIpc) is 2.69. The highest BCUT2D eigenvalue weighted by Crippen LogP contribution is 2.25. The molecule has 0 bridgehead atoms. The molecule has 0 N–H and O–H groups in total. The van der Waals surface area contributed by atoms with Gasteiger partial charge >= 0.3 is 0 Å². The molecule has 0 saturated heterocycles. The topological polar surface area (TPSA) is 32.3 Å². The van der Waals surface area contributed by atoms with Gasteiger partial charge in [0.25, 0.3) is 0 Å². The predicted octanol–water partition coefficient (Wildman–Crippen LogP) is 2.29. The molecule has 0 spiro atoms. The second-order valence-corrected chi connectivity index (χ2v) is 5.48. The second kappa shape index (κ2) is 5.68. The molecule has 0 radical (unpaired) electrons. The highest BCUT2D eigenvalue weighted by atomic mass is 19.1. The number of benzene rings is 1. The third-order valence-corrected chi connectivity index (χ3v) is 3.86. The van der Waals surface area contributed by atoms with E-state index < -0.39 is 0 Å². The van der Waals surface area contributed by atoms with E-state index in [0.29, 0.717) is 0 Å². The van der Waals surface area contributed by atoms with Gasteiger partial charge in [0.05, 0.1) is 5.69 Å². The number of halogens is 1. The van der Waals surface area contributed by atoms with Gasteiger partial charge in [-0.3, -0.25) is 0 Å². The minimum absolute atomic E-state index is 0.192. The van der Waals surface area contributed by atoms with Gasteiger partial charge in [-0.15, -0.1) is 0 Å². The van der Waals surface area contributed by atoms with Crippen molar-refractivity contribution in [3.05, 3.63) is 47.7 Å². The number of hydrogen-bond acceptors (Lipinski definition) is 4. The van der Waals surface area contributed by atoms with Crippen molar-refractivity contribution in [2.75, 3.05) is 37.0 Å². The molecule has 4 nitrogen and oxygen atoms in total. The van der Waals surface area contributed by atoms with Gasteiger partial charge < -0.3 is 9.80 Å². The van der Waals surface area contributed by atoms with Crippen LogP contribution in [-0.4, -0.2) is 37.2 Å². The van der Waals surface area contributed by atoms with Crippen LogP contribution in [0.25, 0.3) is 0 Å². The molecule has 2 aromatic rings. The lowest BCUT2D eigenvalue weighted by atomic mass is 10.1. The molecular formula is C16H19FN4. The van der Waals surface area contributed by atoms with Crippen molar-refractivity contribution in [2.24, 2.45) is 0 Å². The third kappa shape index (κ3) is 2.82. The first-order valence-corrected chi connectivity index (χ1v) is 7.16.